The monoisotopic (exact) mass is 338 g/mol. The first-order valence-corrected chi connectivity index (χ1v) is 9.36. The summed E-state index contributed by atoms with van der Waals surface area (Å²) in [4.78, 5) is 13.4. The molecule has 2 aromatic rings. The molecular weight excluding hydrogens is 312 g/mol. The Morgan fingerprint density at radius 1 is 1.16 bits per heavy atom. The molecule has 1 amide bonds. The minimum atomic E-state index is -0.557. The van der Waals surface area contributed by atoms with Crippen LogP contribution in [-0.4, -0.2) is 34.8 Å². The van der Waals surface area contributed by atoms with E-state index in [0.717, 1.165) is 38.8 Å². The molecule has 2 aliphatic rings. The molecule has 1 saturated carbocycles. The molecule has 1 aliphatic heterocycles. The first kappa shape index (κ1) is 16.3. The predicted molar refractivity (Wildman–Crippen MR) is 97.3 cm³/mol. The highest BCUT2D eigenvalue weighted by Gasteiger charge is 2.43. The molecule has 132 valence electrons. The average Bonchev–Trinajstić information content (AvgIpc) is 3.35. The van der Waals surface area contributed by atoms with E-state index in [9.17, 15) is 4.79 Å². The molecule has 5 heteroatoms. The Balaban J connectivity index is 1.55. The summed E-state index contributed by atoms with van der Waals surface area (Å²) < 4.78 is 1.87. The number of hydrogen-bond acceptors (Lipinski definition) is 3. The highest BCUT2D eigenvalue weighted by atomic mass is 16.2. The summed E-state index contributed by atoms with van der Waals surface area (Å²) in [6.07, 6.45) is 8.62. The number of rotatable bonds is 4. The third-order valence-electron chi connectivity index (χ3n) is 5.86. The Hall–Kier alpha value is -2.14. The molecule has 2 N–H and O–H groups in total. The van der Waals surface area contributed by atoms with Gasteiger partial charge in [-0.2, -0.15) is 5.10 Å². The van der Waals surface area contributed by atoms with Crippen molar-refractivity contribution in [3.63, 3.8) is 0 Å². The Labute approximate surface area is 148 Å². The van der Waals surface area contributed by atoms with Gasteiger partial charge in [0, 0.05) is 24.4 Å². The Morgan fingerprint density at radius 3 is 2.68 bits per heavy atom. The maximum atomic E-state index is 13.4. The molecule has 0 radical (unpaired) electrons. The van der Waals surface area contributed by atoms with E-state index in [1.807, 2.05) is 23.0 Å². The Bertz CT molecular complexity index is 692. The van der Waals surface area contributed by atoms with Crippen LogP contribution in [0.5, 0.6) is 0 Å². The van der Waals surface area contributed by atoms with E-state index in [-0.39, 0.29) is 11.9 Å². The Kier molecular flexibility index (Phi) is 4.57. The topological polar surface area (TPSA) is 59.0 Å². The lowest BCUT2D eigenvalue weighted by molar-refractivity contribution is -0.132. The zero-order valence-corrected chi connectivity index (χ0v) is 14.5. The van der Waals surface area contributed by atoms with Gasteiger partial charge in [0.2, 0.25) is 5.91 Å². The second-order valence-electron chi connectivity index (χ2n) is 7.26. The van der Waals surface area contributed by atoms with Crippen molar-refractivity contribution in [2.75, 3.05) is 13.1 Å². The van der Waals surface area contributed by atoms with Gasteiger partial charge in [-0.15, -0.1) is 0 Å². The molecule has 25 heavy (non-hydrogen) atoms. The third-order valence-corrected chi connectivity index (χ3v) is 5.86. The fraction of sp³-hybridized carbons (Fsp3) is 0.500. The fourth-order valence-electron chi connectivity index (χ4n) is 4.46. The number of carbonyl (C=O) groups is 1. The van der Waals surface area contributed by atoms with Crippen molar-refractivity contribution in [1.82, 2.24) is 20.4 Å². The highest BCUT2D eigenvalue weighted by Crippen LogP contribution is 2.36. The largest absolute Gasteiger partial charge is 0.351 e. The number of amides is 1. The van der Waals surface area contributed by atoms with Gasteiger partial charge in [0.1, 0.15) is 5.54 Å². The quantitative estimate of drug-likeness (QED) is 0.900. The summed E-state index contributed by atoms with van der Waals surface area (Å²) in [6, 6.07) is 12.7. The number of nitrogens with one attached hydrogen (secondary N) is 2. The van der Waals surface area contributed by atoms with E-state index in [2.05, 4.69) is 40.0 Å². The summed E-state index contributed by atoms with van der Waals surface area (Å²) in [5.41, 5.74) is 0.780. The summed E-state index contributed by atoms with van der Waals surface area (Å²) >= 11 is 0. The normalized spacial score (nSPS) is 25.6. The fourth-order valence-corrected chi connectivity index (χ4v) is 4.46. The third kappa shape index (κ3) is 3.09. The van der Waals surface area contributed by atoms with Crippen LogP contribution < -0.4 is 10.6 Å². The molecule has 2 heterocycles. The van der Waals surface area contributed by atoms with Crippen LogP contribution in [0.3, 0.4) is 0 Å². The van der Waals surface area contributed by atoms with Crippen molar-refractivity contribution < 1.29 is 4.79 Å². The molecule has 1 saturated heterocycles. The van der Waals surface area contributed by atoms with Crippen LogP contribution in [0.4, 0.5) is 0 Å². The van der Waals surface area contributed by atoms with Gasteiger partial charge in [-0.05, 0) is 50.4 Å². The molecule has 0 spiro atoms. The van der Waals surface area contributed by atoms with Gasteiger partial charge in [0.25, 0.3) is 0 Å². The number of hydrogen-bond donors (Lipinski definition) is 2. The first-order valence-electron chi connectivity index (χ1n) is 9.36. The molecule has 2 unspecified atom stereocenters. The van der Waals surface area contributed by atoms with E-state index < -0.39 is 5.54 Å². The van der Waals surface area contributed by atoms with Crippen LogP contribution >= 0.6 is 0 Å². The second-order valence-corrected chi connectivity index (χ2v) is 7.26. The standard InChI is InChI=1S/C20H26N4O/c25-19(20(10-13-21-14-11-20)24-15-5-12-22-24)23-18-9-4-8-17(18)16-6-2-1-3-7-16/h1-3,5-7,12,15,17-18,21H,4,8-11,13-14H2,(H,23,25). The van der Waals surface area contributed by atoms with Gasteiger partial charge in [-0.25, -0.2) is 0 Å². The minimum Gasteiger partial charge on any atom is -0.351 e. The van der Waals surface area contributed by atoms with Gasteiger partial charge in [-0.1, -0.05) is 36.8 Å². The van der Waals surface area contributed by atoms with Gasteiger partial charge in [-0.3, -0.25) is 9.48 Å². The molecule has 0 bridgehead atoms. The summed E-state index contributed by atoms with van der Waals surface area (Å²) in [5, 5.41) is 11.2. The molecule has 1 aliphatic carbocycles. The van der Waals surface area contributed by atoms with E-state index in [4.69, 9.17) is 0 Å². The van der Waals surface area contributed by atoms with Crippen molar-refractivity contribution in [2.45, 2.75) is 49.6 Å². The molecule has 1 aromatic heterocycles. The van der Waals surface area contributed by atoms with Crippen molar-refractivity contribution in [2.24, 2.45) is 0 Å². The number of benzene rings is 1. The molecule has 2 fully saturated rings. The van der Waals surface area contributed by atoms with Crippen LogP contribution in [0.2, 0.25) is 0 Å². The van der Waals surface area contributed by atoms with Crippen LogP contribution in [0.15, 0.2) is 48.8 Å². The summed E-state index contributed by atoms with van der Waals surface area (Å²) in [7, 11) is 0. The van der Waals surface area contributed by atoms with Crippen LogP contribution in [-0.2, 0) is 10.3 Å². The van der Waals surface area contributed by atoms with Crippen molar-refractivity contribution in [1.29, 1.82) is 0 Å². The smallest absolute Gasteiger partial charge is 0.248 e. The van der Waals surface area contributed by atoms with Crippen molar-refractivity contribution in [3.05, 3.63) is 54.4 Å². The number of aromatic nitrogens is 2. The molecule has 1 aromatic carbocycles. The van der Waals surface area contributed by atoms with Crippen LogP contribution in [0.25, 0.3) is 0 Å². The SMILES string of the molecule is O=C(NC1CCCC1c1ccccc1)C1(n2cccn2)CCNCC1. The van der Waals surface area contributed by atoms with Gasteiger partial charge in [0.05, 0.1) is 0 Å². The number of nitrogens with zero attached hydrogens (tertiary/aromatic N) is 2. The summed E-state index contributed by atoms with van der Waals surface area (Å²) in [6.45, 7) is 1.69. The van der Waals surface area contributed by atoms with Crippen LogP contribution in [0.1, 0.15) is 43.6 Å². The van der Waals surface area contributed by atoms with E-state index in [0.29, 0.717) is 5.92 Å². The molecular formula is C20H26N4O. The highest BCUT2D eigenvalue weighted by molar-refractivity contribution is 5.85. The van der Waals surface area contributed by atoms with Gasteiger partial charge >= 0.3 is 0 Å². The van der Waals surface area contributed by atoms with Crippen molar-refractivity contribution in [3.8, 4) is 0 Å². The molecule has 4 rings (SSSR count). The number of carbonyl (C=O) groups excluding carboxylic acids is 1. The van der Waals surface area contributed by atoms with E-state index in [1.54, 1.807) is 6.20 Å². The molecule has 5 nitrogen and oxygen atoms in total. The van der Waals surface area contributed by atoms with E-state index >= 15 is 0 Å². The lowest BCUT2D eigenvalue weighted by atomic mass is 9.86. The zero-order chi connectivity index (χ0) is 17.1. The van der Waals surface area contributed by atoms with Gasteiger partial charge in [0.15, 0.2) is 0 Å². The average molecular weight is 338 g/mol. The van der Waals surface area contributed by atoms with Gasteiger partial charge < -0.3 is 10.6 Å². The predicted octanol–water partition coefficient (Wildman–Crippen LogP) is 2.41. The summed E-state index contributed by atoms with van der Waals surface area (Å²) in [5.74, 6) is 0.548. The zero-order valence-electron chi connectivity index (χ0n) is 14.5. The second kappa shape index (κ2) is 7.00. The van der Waals surface area contributed by atoms with Crippen LogP contribution in [0, 0.1) is 0 Å². The number of piperidine rings is 1. The maximum Gasteiger partial charge on any atom is 0.248 e. The van der Waals surface area contributed by atoms with E-state index in [1.165, 1.54) is 12.0 Å². The maximum absolute atomic E-state index is 13.4. The lowest BCUT2D eigenvalue weighted by Gasteiger charge is -2.38. The first-order chi connectivity index (χ1) is 12.3. The molecule has 2 atom stereocenters. The minimum absolute atomic E-state index is 0.130. The lowest BCUT2D eigenvalue weighted by Crippen LogP contribution is -2.56. The Morgan fingerprint density at radius 2 is 1.96 bits per heavy atom. The van der Waals surface area contributed by atoms with Crippen molar-refractivity contribution >= 4 is 5.91 Å².